The maximum absolute atomic E-state index is 12.8. The number of carbonyl (C=O) groups is 1. The first-order valence-corrected chi connectivity index (χ1v) is 5.83. The molecular weight excluding hydrogens is 259 g/mol. The van der Waals surface area contributed by atoms with Crippen molar-refractivity contribution in [1.29, 1.82) is 0 Å². The second kappa shape index (κ2) is 5.40. The van der Waals surface area contributed by atoms with Gasteiger partial charge in [-0.3, -0.25) is 4.79 Å². The topological polar surface area (TPSA) is 17.1 Å². The van der Waals surface area contributed by atoms with Crippen LogP contribution in [0.2, 0.25) is 0 Å². The zero-order valence-electron chi connectivity index (χ0n) is 8.89. The minimum atomic E-state index is -0.291. The molecule has 0 aliphatic heterocycles. The van der Waals surface area contributed by atoms with E-state index >= 15 is 0 Å². The fourth-order valence-electron chi connectivity index (χ4n) is 1.49. The van der Waals surface area contributed by atoms with Crippen molar-refractivity contribution < 1.29 is 9.18 Å². The molecule has 3 heteroatoms. The molecule has 0 aliphatic rings. The highest BCUT2D eigenvalue weighted by molar-refractivity contribution is 9.10. The number of ketones is 1. The summed E-state index contributed by atoms with van der Waals surface area (Å²) in [4.78, 5) is 11.7. The van der Waals surface area contributed by atoms with Crippen LogP contribution in [-0.2, 0) is 4.79 Å². The average molecular weight is 273 g/mol. The van der Waals surface area contributed by atoms with Crippen molar-refractivity contribution in [3.05, 3.63) is 34.1 Å². The Labute approximate surface area is 97.8 Å². The van der Waals surface area contributed by atoms with Gasteiger partial charge in [0, 0.05) is 16.8 Å². The van der Waals surface area contributed by atoms with Crippen LogP contribution >= 0.6 is 15.9 Å². The Morgan fingerprint density at radius 2 is 2.20 bits per heavy atom. The quantitative estimate of drug-likeness (QED) is 0.808. The van der Waals surface area contributed by atoms with Crippen molar-refractivity contribution in [2.75, 3.05) is 0 Å². The number of rotatable bonds is 4. The van der Waals surface area contributed by atoms with Gasteiger partial charge in [-0.2, -0.15) is 0 Å². The van der Waals surface area contributed by atoms with Gasteiger partial charge in [-0.25, -0.2) is 4.39 Å². The van der Waals surface area contributed by atoms with E-state index in [1.807, 2.05) is 13.8 Å². The van der Waals surface area contributed by atoms with E-state index in [9.17, 15) is 9.18 Å². The Kier molecular flexibility index (Phi) is 4.45. The van der Waals surface area contributed by atoms with E-state index in [2.05, 4.69) is 15.9 Å². The molecule has 0 spiro atoms. The first-order chi connectivity index (χ1) is 7.06. The fraction of sp³-hybridized carbons (Fsp3) is 0.417. The summed E-state index contributed by atoms with van der Waals surface area (Å²) >= 11 is 3.27. The van der Waals surface area contributed by atoms with E-state index in [4.69, 9.17) is 0 Å². The first-order valence-electron chi connectivity index (χ1n) is 5.04. The zero-order chi connectivity index (χ0) is 11.4. The lowest BCUT2D eigenvalue weighted by Crippen LogP contribution is -2.09. The molecular formula is C12H14BrFO. The molecule has 1 unspecified atom stereocenters. The second-order valence-electron chi connectivity index (χ2n) is 3.60. The minimum Gasteiger partial charge on any atom is -0.299 e. The predicted molar refractivity (Wildman–Crippen MR) is 62.4 cm³/mol. The van der Waals surface area contributed by atoms with Gasteiger partial charge in [0.25, 0.3) is 0 Å². The molecule has 1 nitrogen and oxygen atoms in total. The molecule has 0 saturated heterocycles. The number of hydrogen-bond acceptors (Lipinski definition) is 1. The van der Waals surface area contributed by atoms with E-state index in [0.29, 0.717) is 10.9 Å². The molecule has 0 aliphatic carbocycles. The summed E-state index contributed by atoms with van der Waals surface area (Å²) in [5, 5.41) is 0. The summed E-state index contributed by atoms with van der Waals surface area (Å²) in [6.07, 6.45) is 1.42. The summed E-state index contributed by atoms with van der Waals surface area (Å²) in [5.41, 5.74) is 0.856. The molecule has 1 aromatic carbocycles. The van der Waals surface area contributed by atoms with Gasteiger partial charge in [0.05, 0.1) is 0 Å². The molecule has 0 aromatic heterocycles. The van der Waals surface area contributed by atoms with Crippen LogP contribution in [0.1, 0.15) is 38.2 Å². The van der Waals surface area contributed by atoms with Gasteiger partial charge >= 0.3 is 0 Å². The van der Waals surface area contributed by atoms with E-state index in [0.717, 1.165) is 12.0 Å². The molecule has 1 rings (SSSR count). The Hall–Kier alpha value is -0.700. The number of Topliss-reactive ketones (excluding diaryl/α,β-unsaturated/α-hetero) is 1. The largest absolute Gasteiger partial charge is 0.299 e. The number of carbonyl (C=O) groups excluding carboxylic acids is 1. The zero-order valence-corrected chi connectivity index (χ0v) is 10.5. The Morgan fingerprint density at radius 3 is 2.73 bits per heavy atom. The molecule has 0 fully saturated rings. The fourth-order valence-corrected chi connectivity index (χ4v) is 2.18. The Balaban J connectivity index is 2.91. The number of benzene rings is 1. The third-order valence-electron chi connectivity index (χ3n) is 2.41. The average Bonchev–Trinajstić information content (AvgIpc) is 2.17. The SMILES string of the molecule is CCCC(=O)C(C)c1ccc(F)cc1Br. The van der Waals surface area contributed by atoms with Crippen molar-refractivity contribution in [1.82, 2.24) is 0 Å². The van der Waals surface area contributed by atoms with Gasteiger partial charge in [0.2, 0.25) is 0 Å². The molecule has 0 amide bonds. The lowest BCUT2D eigenvalue weighted by molar-refractivity contribution is -0.120. The van der Waals surface area contributed by atoms with E-state index < -0.39 is 0 Å². The van der Waals surface area contributed by atoms with Crippen LogP contribution in [-0.4, -0.2) is 5.78 Å². The minimum absolute atomic E-state index is 0.167. The van der Waals surface area contributed by atoms with Crippen molar-refractivity contribution >= 4 is 21.7 Å². The summed E-state index contributed by atoms with van der Waals surface area (Å²) in [5.74, 6) is -0.259. The molecule has 1 aromatic rings. The molecule has 0 bridgehead atoms. The van der Waals surface area contributed by atoms with Gasteiger partial charge in [0.1, 0.15) is 11.6 Å². The smallest absolute Gasteiger partial charge is 0.140 e. The molecule has 0 N–H and O–H groups in total. The molecule has 82 valence electrons. The van der Waals surface area contributed by atoms with Crippen LogP contribution in [0.15, 0.2) is 22.7 Å². The Morgan fingerprint density at radius 1 is 1.53 bits per heavy atom. The monoisotopic (exact) mass is 272 g/mol. The molecule has 0 saturated carbocycles. The number of hydrogen-bond donors (Lipinski definition) is 0. The Bertz CT molecular complexity index is 363. The van der Waals surface area contributed by atoms with Crippen LogP contribution in [0.3, 0.4) is 0 Å². The van der Waals surface area contributed by atoms with Crippen molar-refractivity contribution in [3.63, 3.8) is 0 Å². The highest BCUT2D eigenvalue weighted by atomic mass is 79.9. The molecule has 0 radical (unpaired) electrons. The van der Waals surface area contributed by atoms with Gasteiger partial charge in [-0.05, 0) is 24.1 Å². The lowest BCUT2D eigenvalue weighted by atomic mass is 9.94. The second-order valence-corrected chi connectivity index (χ2v) is 4.46. The van der Waals surface area contributed by atoms with Gasteiger partial charge < -0.3 is 0 Å². The van der Waals surface area contributed by atoms with E-state index in [1.54, 1.807) is 6.07 Å². The lowest BCUT2D eigenvalue weighted by Gasteiger charge is -2.12. The maximum atomic E-state index is 12.8. The van der Waals surface area contributed by atoms with Gasteiger partial charge in [0.15, 0.2) is 0 Å². The van der Waals surface area contributed by atoms with Gasteiger partial charge in [-0.15, -0.1) is 0 Å². The van der Waals surface area contributed by atoms with E-state index in [-0.39, 0.29) is 17.5 Å². The highest BCUT2D eigenvalue weighted by Crippen LogP contribution is 2.27. The van der Waals surface area contributed by atoms with Crippen LogP contribution in [0, 0.1) is 5.82 Å². The van der Waals surface area contributed by atoms with Crippen LogP contribution < -0.4 is 0 Å². The van der Waals surface area contributed by atoms with Crippen LogP contribution in [0.5, 0.6) is 0 Å². The van der Waals surface area contributed by atoms with Crippen molar-refractivity contribution in [2.24, 2.45) is 0 Å². The first kappa shape index (κ1) is 12.4. The molecule has 0 heterocycles. The van der Waals surface area contributed by atoms with Gasteiger partial charge in [-0.1, -0.05) is 35.8 Å². The summed E-state index contributed by atoms with van der Waals surface area (Å²) in [6.45, 7) is 3.83. The third kappa shape index (κ3) is 3.13. The van der Waals surface area contributed by atoms with Crippen LogP contribution in [0.25, 0.3) is 0 Å². The van der Waals surface area contributed by atoms with E-state index in [1.165, 1.54) is 12.1 Å². The summed E-state index contributed by atoms with van der Waals surface area (Å²) in [6, 6.07) is 4.44. The standard InChI is InChI=1S/C12H14BrFO/c1-3-4-12(15)8(2)10-6-5-9(14)7-11(10)13/h5-8H,3-4H2,1-2H3. The third-order valence-corrected chi connectivity index (χ3v) is 3.10. The number of halogens is 2. The maximum Gasteiger partial charge on any atom is 0.140 e. The normalized spacial score (nSPS) is 12.5. The van der Waals surface area contributed by atoms with Crippen molar-refractivity contribution in [2.45, 2.75) is 32.6 Å². The van der Waals surface area contributed by atoms with Crippen LogP contribution in [0.4, 0.5) is 4.39 Å². The predicted octanol–water partition coefficient (Wildman–Crippen LogP) is 4.06. The summed E-state index contributed by atoms with van der Waals surface area (Å²) in [7, 11) is 0. The molecule has 15 heavy (non-hydrogen) atoms. The highest BCUT2D eigenvalue weighted by Gasteiger charge is 2.16. The summed E-state index contributed by atoms with van der Waals surface area (Å²) < 4.78 is 13.5. The van der Waals surface area contributed by atoms with Crippen molar-refractivity contribution in [3.8, 4) is 0 Å². The molecule has 1 atom stereocenters.